The van der Waals surface area contributed by atoms with E-state index in [1.165, 1.54) is 0 Å². The fourth-order valence-electron chi connectivity index (χ4n) is 2.94. The van der Waals surface area contributed by atoms with Gasteiger partial charge in [0, 0.05) is 23.6 Å². The van der Waals surface area contributed by atoms with Gasteiger partial charge in [-0.2, -0.15) is 0 Å². The summed E-state index contributed by atoms with van der Waals surface area (Å²) in [5.41, 5.74) is 2.30. The number of hydrogen-bond acceptors (Lipinski definition) is 5. The van der Waals surface area contributed by atoms with Crippen LogP contribution in [0.1, 0.15) is 30.0 Å². The number of fused-ring (bicyclic) bond motifs is 1. The molecule has 138 valence electrons. The summed E-state index contributed by atoms with van der Waals surface area (Å²) in [6.45, 7) is 4.79. The van der Waals surface area contributed by atoms with Crippen LogP contribution >= 0.6 is 0 Å². The number of hydrogen-bond donors (Lipinski definition) is 1. The molecule has 27 heavy (non-hydrogen) atoms. The molecule has 4 rings (SSSR count). The molecule has 6 nitrogen and oxygen atoms in total. The van der Waals surface area contributed by atoms with Crippen LogP contribution in [0.4, 0.5) is 0 Å². The lowest BCUT2D eigenvalue weighted by Crippen LogP contribution is -2.36. The van der Waals surface area contributed by atoms with E-state index in [0.717, 1.165) is 22.6 Å². The monoisotopic (exact) mass is 364 g/mol. The van der Waals surface area contributed by atoms with Gasteiger partial charge in [-0.05, 0) is 17.7 Å². The molecule has 0 fully saturated rings. The Bertz CT molecular complexity index is 963. The fraction of sp³-hybridized carbons (Fsp3) is 0.238. The van der Waals surface area contributed by atoms with Gasteiger partial charge in [0.1, 0.15) is 5.69 Å². The summed E-state index contributed by atoms with van der Waals surface area (Å²) in [5.74, 6) is 1.37. The molecule has 2 heterocycles. The molecule has 0 bridgehead atoms. The van der Waals surface area contributed by atoms with Crippen LogP contribution in [0.3, 0.4) is 0 Å². The Kier molecular flexibility index (Phi) is 4.32. The molecule has 1 aliphatic rings. The number of nitrogens with one attached hydrogen (secondary N) is 1. The van der Waals surface area contributed by atoms with E-state index in [1.807, 2.05) is 48.5 Å². The van der Waals surface area contributed by atoms with Crippen molar-refractivity contribution in [1.29, 1.82) is 0 Å². The first-order valence-electron chi connectivity index (χ1n) is 8.73. The Morgan fingerprint density at radius 2 is 1.85 bits per heavy atom. The standard InChI is InChI=1S/C21H20N2O4/c1-21(2,15-8-9-17-18(10-15)26-13-25-17)12-22-20(24)19-11-16(23-27-19)14-6-4-3-5-7-14/h3-11H,12-13H2,1-2H3,(H,22,24). The van der Waals surface area contributed by atoms with E-state index < -0.39 is 0 Å². The fourth-order valence-corrected chi connectivity index (χ4v) is 2.94. The SMILES string of the molecule is CC(C)(CNC(=O)c1cc(-c2ccccc2)no1)c1ccc2c(c1)OCO2. The average molecular weight is 364 g/mol. The molecule has 1 amide bonds. The Hall–Kier alpha value is -3.28. The third kappa shape index (κ3) is 3.51. The maximum atomic E-state index is 12.5. The summed E-state index contributed by atoms with van der Waals surface area (Å²) >= 11 is 0. The molecule has 0 saturated carbocycles. The normalized spacial score (nSPS) is 12.8. The van der Waals surface area contributed by atoms with Crippen molar-refractivity contribution in [3.05, 3.63) is 65.9 Å². The lowest BCUT2D eigenvalue weighted by atomic mass is 9.84. The predicted molar refractivity (Wildman–Crippen MR) is 99.9 cm³/mol. The van der Waals surface area contributed by atoms with E-state index in [4.69, 9.17) is 14.0 Å². The van der Waals surface area contributed by atoms with Crippen molar-refractivity contribution < 1.29 is 18.8 Å². The van der Waals surface area contributed by atoms with Crippen molar-refractivity contribution in [3.8, 4) is 22.8 Å². The summed E-state index contributed by atoms with van der Waals surface area (Å²) in [4.78, 5) is 12.5. The van der Waals surface area contributed by atoms with E-state index in [-0.39, 0.29) is 23.9 Å². The van der Waals surface area contributed by atoms with Crippen LogP contribution in [0, 0.1) is 0 Å². The molecule has 0 unspecified atom stereocenters. The van der Waals surface area contributed by atoms with Crippen LogP contribution in [0.5, 0.6) is 11.5 Å². The molecule has 0 radical (unpaired) electrons. The van der Waals surface area contributed by atoms with E-state index in [1.54, 1.807) is 6.07 Å². The largest absolute Gasteiger partial charge is 0.454 e. The van der Waals surface area contributed by atoms with Gasteiger partial charge in [0.15, 0.2) is 11.5 Å². The second kappa shape index (κ2) is 6.79. The molecule has 1 N–H and O–H groups in total. The Morgan fingerprint density at radius 1 is 1.07 bits per heavy atom. The molecule has 0 spiro atoms. The van der Waals surface area contributed by atoms with Crippen LogP contribution < -0.4 is 14.8 Å². The van der Waals surface area contributed by atoms with Crippen molar-refractivity contribution in [2.24, 2.45) is 0 Å². The van der Waals surface area contributed by atoms with Crippen LogP contribution in [0.2, 0.25) is 0 Å². The summed E-state index contributed by atoms with van der Waals surface area (Å²) in [7, 11) is 0. The van der Waals surface area contributed by atoms with Gasteiger partial charge in [0.25, 0.3) is 5.91 Å². The van der Waals surface area contributed by atoms with Gasteiger partial charge in [-0.3, -0.25) is 4.79 Å². The molecular formula is C21H20N2O4. The molecular weight excluding hydrogens is 344 g/mol. The highest BCUT2D eigenvalue weighted by atomic mass is 16.7. The highest BCUT2D eigenvalue weighted by molar-refractivity contribution is 5.92. The Balaban J connectivity index is 1.43. The molecule has 3 aromatic rings. The van der Waals surface area contributed by atoms with E-state index in [2.05, 4.69) is 24.3 Å². The highest BCUT2D eigenvalue weighted by Crippen LogP contribution is 2.36. The third-order valence-electron chi connectivity index (χ3n) is 4.65. The smallest absolute Gasteiger partial charge is 0.289 e. The van der Waals surface area contributed by atoms with Gasteiger partial charge in [-0.15, -0.1) is 0 Å². The average Bonchev–Trinajstić information content (AvgIpc) is 3.35. The lowest BCUT2D eigenvalue weighted by Gasteiger charge is -2.25. The Morgan fingerprint density at radius 3 is 2.67 bits per heavy atom. The van der Waals surface area contributed by atoms with Crippen molar-refractivity contribution in [2.45, 2.75) is 19.3 Å². The number of ether oxygens (including phenoxy) is 2. The first-order chi connectivity index (χ1) is 13.0. The second-order valence-electron chi connectivity index (χ2n) is 7.08. The lowest BCUT2D eigenvalue weighted by molar-refractivity contribution is 0.0909. The minimum Gasteiger partial charge on any atom is -0.454 e. The molecule has 2 aromatic carbocycles. The van der Waals surface area contributed by atoms with E-state index in [9.17, 15) is 4.79 Å². The van der Waals surface area contributed by atoms with Crippen molar-refractivity contribution in [3.63, 3.8) is 0 Å². The summed E-state index contributed by atoms with van der Waals surface area (Å²) in [6.07, 6.45) is 0. The van der Waals surface area contributed by atoms with Crippen LogP contribution in [-0.4, -0.2) is 24.4 Å². The van der Waals surface area contributed by atoms with E-state index >= 15 is 0 Å². The minimum absolute atomic E-state index is 0.190. The zero-order valence-corrected chi connectivity index (χ0v) is 15.2. The number of rotatable bonds is 5. The molecule has 1 aliphatic heterocycles. The zero-order chi connectivity index (χ0) is 18.9. The second-order valence-corrected chi connectivity index (χ2v) is 7.08. The first kappa shape index (κ1) is 17.1. The zero-order valence-electron chi connectivity index (χ0n) is 15.2. The summed E-state index contributed by atoms with van der Waals surface area (Å²) in [5, 5.41) is 6.91. The minimum atomic E-state index is -0.293. The van der Waals surface area contributed by atoms with Crippen molar-refractivity contribution in [1.82, 2.24) is 10.5 Å². The third-order valence-corrected chi connectivity index (χ3v) is 4.65. The van der Waals surface area contributed by atoms with Crippen LogP contribution in [0.15, 0.2) is 59.1 Å². The highest BCUT2D eigenvalue weighted by Gasteiger charge is 2.25. The first-order valence-corrected chi connectivity index (χ1v) is 8.73. The maximum absolute atomic E-state index is 12.5. The molecule has 0 saturated heterocycles. The summed E-state index contributed by atoms with van der Waals surface area (Å²) in [6, 6.07) is 17.1. The Labute approximate surface area is 157 Å². The topological polar surface area (TPSA) is 73.6 Å². The van der Waals surface area contributed by atoms with Gasteiger partial charge in [-0.25, -0.2) is 0 Å². The summed E-state index contributed by atoms with van der Waals surface area (Å²) < 4.78 is 16.0. The number of amides is 1. The predicted octanol–water partition coefficient (Wildman–Crippen LogP) is 3.78. The van der Waals surface area contributed by atoms with Gasteiger partial charge in [0.05, 0.1) is 0 Å². The van der Waals surface area contributed by atoms with Crippen molar-refractivity contribution in [2.75, 3.05) is 13.3 Å². The van der Waals surface area contributed by atoms with Crippen LogP contribution in [-0.2, 0) is 5.41 Å². The maximum Gasteiger partial charge on any atom is 0.289 e. The number of carbonyl (C=O) groups is 1. The van der Waals surface area contributed by atoms with Crippen molar-refractivity contribution >= 4 is 5.91 Å². The molecule has 0 aliphatic carbocycles. The van der Waals surface area contributed by atoms with Gasteiger partial charge >= 0.3 is 0 Å². The van der Waals surface area contributed by atoms with Crippen LogP contribution in [0.25, 0.3) is 11.3 Å². The molecule has 1 aromatic heterocycles. The van der Waals surface area contributed by atoms with Gasteiger partial charge in [0.2, 0.25) is 12.6 Å². The molecule has 6 heteroatoms. The van der Waals surface area contributed by atoms with Gasteiger partial charge in [-0.1, -0.05) is 55.4 Å². The molecule has 0 atom stereocenters. The number of aromatic nitrogens is 1. The number of nitrogens with zero attached hydrogens (tertiary/aromatic N) is 1. The van der Waals surface area contributed by atoms with E-state index in [0.29, 0.717) is 12.2 Å². The number of benzene rings is 2. The quantitative estimate of drug-likeness (QED) is 0.746. The van der Waals surface area contributed by atoms with Gasteiger partial charge < -0.3 is 19.3 Å². The number of carbonyl (C=O) groups excluding carboxylic acids is 1.